The average molecular weight is 315 g/mol. The van der Waals surface area contributed by atoms with E-state index in [0.717, 1.165) is 31.4 Å². The van der Waals surface area contributed by atoms with Gasteiger partial charge in [-0.3, -0.25) is 4.79 Å². The van der Waals surface area contributed by atoms with Crippen LogP contribution in [0.15, 0.2) is 18.2 Å². The summed E-state index contributed by atoms with van der Waals surface area (Å²) in [4.78, 5) is 14.5. The number of carbonyl (C=O) groups is 1. The van der Waals surface area contributed by atoms with Crippen LogP contribution >= 0.6 is 23.2 Å². The Kier molecular flexibility index (Phi) is 5.30. The zero-order chi connectivity index (χ0) is 14.7. The van der Waals surface area contributed by atoms with Gasteiger partial charge in [0.1, 0.15) is 0 Å². The Morgan fingerprint density at radius 2 is 2.20 bits per heavy atom. The first-order valence-corrected chi connectivity index (χ1v) is 7.79. The van der Waals surface area contributed by atoms with Crippen LogP contribution < -0.4 is 5.73 Å². The summed E-state index contributed by atoms with van der Waals surface area (Å²) in [5.74, 6) is 0.0712. The second-order valence-electron chi connectivity index (χ2n) is 5.20. The van der Waals surface area contributed by atoms with Crippen molar-refractivity contribution in [3.05, 3.63) is 33.8 Å². The highest BCUT2D eigenvalue weighted by Crippen LogP contribution is 2.35. The van der Waals surface area contributed by atoms with Crippen LogP contribution in [0.2, 0.25) is 10.0 Å². The molecule has 3 nitrogen and oxygen atoms in total. The van der Waals surface area contributed by atoms with Crippen LogP contribution in [0.1, 0.15) is 37.8 Å². The minimum atomic E-state index is -0.0848. The Morgan fingerprint density at radius 3 is 2.80 bits per heavy atom. The lowest BCUT2D eigenvalue weighted by molar-refractivity contribution is -0.136. The van der Waals surface area contributed by atoms with E-state index in [1.165, 1.54) is 0 Å². The SMILES string of the molecule is CCC(CN)C(=O)N1CCCC1c1ccc(Cl)c(Cl)c1. The molecule has 5 heteroatoms. The number of carbonyl (C=O) groups excluding carboxylic acids is 1. The predicted molar refractivity (Wildman–Crippen MR) is 83.0 cm³/mol. The molecule has 2 N–H and O–H groups in total. The van der Waals surface area contributed by atoms with E-state index >= 15 is 0 Å². The Hall–Kier alpha value is -0.770. The zero-order valence-corrected chi connectivity index (χ0v) is 13.1. The maximum atomic E-state index is 12.5. The molecule has 1 aromatic carbocycles. The van der Waals surface area contributed by atoms with Gasteiger partial charge in [0, 0.05) is 13.1 Å². The molecule has 1 fully saturated rings. The number of halogens is 2. The number of hydrogen-bond acceptors (Lipinski definition) is 2. The number of nitrogens with two attached hydrogens (primary N) is 1. The van der Waals surface area contributed by atoms with Crippen LogP contribution in [-0.4, -0.2) is 23.9 Å². The van der Waals surface area contributed by atoms with Crippen LogP contribution in [0, 0.1) is 5.92 Å². The molecule has 2 unspecified atom stereocenters. The quantitative estimate of drug-likeness (QED) is 0.922. The second kappa shape index (κ2) is 6.79. The molecule has 1 saturated heterocycles. The molecule has 1 heterocycles. The molecule has 2 atom stereocenters. The summed E-state index contributed by atoms with van der Waals surface area (Å²) in [5.41, 5.74) is 6.75. The van der Waals surface area contributed by atoms with Crippen LogP contribution in [0.4, 0.5) is 0 Å². The van der Waals surface area contributed by atoms with Gasteiger partial charge in [0.2, 0.25) is 5.91 Å². The van der Waals surface area contributed by atoms with Gasteiger partial charge in [0.25, 0.3) is 0 Å². The molecular formula is C15H20Cl2N2O. The van der Waals surface area contributed by atoms with E-state index in [4.69, 9.17) is 28.9 Å². The van der Waals surface area contributed by atoms with Crippen molar-refractivity contribution in [3.8, 4) is 0 Å². The third-order valence-corrected chi connectivity index (χ3v) is 4.73. The third kappa shape index (κ3) is 3.11. The van der Waals surface area contributed by atoms with E-state index in [9.17, 15) is 4.79 Å². The standard InChI is InChI=1S/C15H20Cl2N2O/c1-2-10(9-18)15(20)19-7-3-4-14(19)11-5-6-12(16)13(17)8-11/h5-6,8,10,14H,2-4,7,9,18H2,1H3. The van der Waals surface area contributed by atoms with Crippen molar-refractivity contribution in [3.63, 3.8) is 0 Å². The van der Waals surface area contributed by atoms with E-state index in [1.807, 2.05) is 24.0 Å². The van der Waals surface area contributed by atoms with Crippen molar-refractivity contribution < 1.29 is 4.79 Å². The van der Waals surface area contributed by atoms with Crippen molar-refractivity contribution in [1.82, 2.24) is 4.90 Å². The van der Waals surface area contributed by atoms with Gasteiger partial charge < -0.3 is 10.6 Å². The van der Waals surface area contributed by atoms with Gasteiger partial charge in [-0.25, -0.2) is 0 Å². The number of amides is 1. The lowest BCUT2D eigenvalue weighted by Crippen LogP contribution is -2.38. The molecule has 0 bridgehead atoms. The van der Waals surface area contributed by atoms with Crippen molar-refractivity contribution >= 4 is 29.1 Å². The fourth-order valence-electron chi connectivity index (χ4n) is 2.77. The largest absolute Gasteiger partial charge is 0.335 e. The average Bonchev–Trinajstić information content (AvgIpc) is 2.92. The fraction of sp³-hybridized carbons (Fsp3) is 0.533. The third-order valence-electron chi connectivity index (χ3n) is 3.99. The van der Waals surface area contributed by atoms with Gasteiger partial charge in [0.05, 0.1) is 22.0 Å². The molecule has 20 heavy (non-hydrogen) atoms. The molecule has 2 rings (SSSR count). The number of rotatable bonds is 4. The summed E-state index contributed by atoms with van der Waals surface area (Å²) >= 11 is 12.0. The second-order valence-corrected chi connectivity index (χ2v) is 6.02. The molecule has 0 aromatic heterocycles. The van der Waals surface area contributed by atoms with Crippen molar-refractivity contribution in [2.75, 3.05) is 13.1 Å². The van der Waals surface area contributed by atoms with Crippen molar-refractivity contribution in [2.45, 2.75) is 32.2 Å². The lowest BCUT2D eigenvalue weighted by atomic mass is 10.0. The van der Waals surface area contributed by atoms with Crippen LogP contribution in [0.5, 0.6) is 0 Å². The molecular weight excluding hydrogens is 295 g/mol. The number of likely N-dealkylation sites (tertiary alicyclic amines) is 1. The van der Waals surface area contributed by atoms with Crippen molar-refractivity contribution in [2.24, 2.45) is 11.7 Å². The minimum Gasteiger partial charge on any atom is -0.335 e. The topological polar surface area (TPSA) is 46.3 Å². The van der Waals surface area contributed by atoms with Crippen LogP contribution in [0.3, 0.4) is 0 Å². The molecule has 1 aromatic rings. The minimum absolute atomic E-state index is 0.0848. The number of hydrogen-bond donors (Lipinski definition) is 1. The normalized spacial score (nSPS) is 20.2. The van der Waals surface area contributed by atoms with E-state index < -0.39 is 0 Å². The van der Waals surface area contributed by atoms with Gasteiger partial charge >= 0.3 is 0 Å². The zero-order valence-electron chi connectivity index (χ0n) is 11.6. The molecule has 110 valence electrons. The van der Waals surface area contributed by atoms with Gasteiger partial charge in [-0.2, -0.15) is 0 Å². The summed E-state index contributed by atoms with van der Waals surface area (Å²) in [6.45, 7) is 3.19. The van der Waals surface area contributed by atoms with Gasteiger partial charge in [-0.05, 0) is 37.0 Å². The van der Waals surface area contributed by atoms with Crippen LogP contribution in [0.25, 0.3) is 0 Å². The summed E-state index contributed by atoms with van der Waals surface area (Å²) in [5, 5.41) is 1.08. The summed E-state index contributed by atoms with van der Waals surface area (Å²) in [7, 11) is 0. The van der Waals surface area contributed by atoms with Gasteiger partial charge in [-0.1, -0.05) is 36.2 Å². The molecule has 1 amide bonds. The highest BCUT2D eigenvalue weighted by molar-refractivity contribution is 6.42. The fourth-order valence-corrected chi connectivity index (χ4v) is 3.08. The smallest absolute Gasteiger partial charge is 0.227 e. The Balaban J connectivity index is 2.22. The molecule has 1 aliphatic heterocycles. The Labute approximate surface area is 130 Å². The van der Waals surface area contributed by atoms with E-state index in [1.54, 1.807) is 6.07 Å². The predicted octanol–water partition coefficient (Wildman–Crippen LogP) is 3.64. The highest BCUT2D eigenvalue weighted by Gasteiger charge is 2.32. The molecule has 0 radical (unpaired) electrons. The summed E-state index contributed by atoms with van der Waals surface area (Å²) < 4.78 is 0. The first kappa shape index (κ1) is 15.6. The first-order chi connectivity index (χ1) is 9.58. The first-order valence-electron chi connectivity index (χ1n) is 7.04. The molecule has 0 spiro atoms. The van der Waals surface area contributed by atoms with E-state index in [2.05, 4.69) is 0 Å². The summed E-state index contributed by atoms with van der Waals surface area (Å²) in [6, 6.07) is 5.70. The van der Waals surface area contributed by atoms with Gasteiger partial charge in [-0.15, -0.1) is 0 Å². The number of nitrogens with zero attached hydrogens (tertiary/aromatic N) is 1. The molecule has 1 aliphatic rings. The lowest BCUT2D eigenvalue weighted by Gasteiger charge is -2.28. The number of benzene rings is 1. The van der Waals surface area contributed by atoms with Crippen molar-refractivity contribution in [1.29, 1.82) is 0 Å². The summed E-state index contributed by atoms with van der Waals surface area (Å²) in [6.07, 6.45) is 2.75. The Bertz CT molecular complexity index is 489. The molecule has 0 aliphatic carbocycles. The monoisotopic (exact) mass is 314 g/mol. The van der Waals surface area contributed by atoms with E-state index in [-0.39, 0.29) is 17.9 Å². The molecule has 0 saturated carbocycles. The maximum absolute atomic E-state index is 12.5. The maximum Gasteiger partial charge on any atom is 0.227 e. The highest BCUT2D eigenvalue weighted by atomic mass is 35.5. The Morgan fingerprint density at radius 1 is 1.45 bits per heavy atom. The van der Waals surface area contributed by atoms with Gasteiger partial charge in [0.15, 0.2) is 0 Å². The van der Waals surface area contributed by atoms with E-state index in [0.29, 0.717) is 16.6 Å². The van der Waals surface area contributed by atoms with Crippen LogP contribution in [-0.2, 0) is 4.79 Å².